The van der Waals surface area contributed by atoms with Crippen LogP contribution in [0.2, 0.25) is 0 Å². The molecule has 1 atom stereocenters. The Morgan fingerprint density at radius 1 is 1.64 bits per heavy atom. The Morgan fingerprint density at radius 2 is 2.43 bits per heavy atom. The number of nitrogens with two attached hydrogens (primary N) is 1. The van der Waals surface area contributed by atoms with Gasteiger partial charge in [-0.25, -0.2) is 0 Å². The van der Waals surface area contributed by atoms with Gasteiger partial charge in [-0.2, -0.15) is 5.10 Å². The zero-order chi connectivity index (χ0) is 10.4. The van der Waals surface area contributed by atoms with Crippen LogP contribution in [0.3, 0.4) is 0 Å². The van der Waals surface area contributed by atoms with Gasteiger partial charge in [0.15, 0.2) is 0 Å². The van der Waals surface area contributed by atoms with E-state index in [0.29, 0.717) is 0 Å². The number of ether oxygens (including phenoxy) is 1. The van der Waals surface area contributed by atoms with Gasteiger partial charge < -0.3 is 10.5 Å². The normalized spacial score (nSPS) is 13.1. The second-order valence-electron chi connectivity index (χ2n) is 3.36. The highest BCUT2D eigenvalue weighted by atomic mass is 16.5. The largest absolute Gasteiger partial charge is 0.382 e. The van der Waals surface area contributed by atoms with Gasteiger partial charge in [0.2, 0.25) is 0 Å². The number of nitrogens with zero attached hydrogens (tertiary/aromatic N) is 2. The molecular weight excluding hydrogens is 178 g/mol. The molecule has 0 spiro atoms. The van der Waals surface area contributed by atoms with Gasteiger partial charge in [-0.1, -0.05) is 0 Å². The number of hydrogen-bond donors (Lipinski definition) is 1. The molecule has 0 aliphatic carbocycles. The van der Waals surface area contributed by atoms with Crippen LogP contribution in [0, 0.1) is 0 Å². The minimum absolute atomic E-state index is 0.0386. The summed E-state index contributed by atoms with van der Waals surface area (Å²) in [5.74, 6) is 0. The Balaban J connectivity index is 2.25. The van der Waals surface area contributed by atoms with Crippen LogP contribution < -0.4 is 5.73 Å². The monoisotopic (exact) mass is 197 g/mol. The van der Waals surface area contributed by atoms with E-state index in [1.54, 1.807) is 4.68 Å². The van der Waals surface area contributed by atoms with Crippen LogP contribution in [0.4, 0.5) is 0 Å². The SMILES string of the molecule is CCOCCCC(N)c1ccn(C)n1. The van der Waals surface area contributed by atoms with Crippen LogP contribution in [-0.4, -0.2) is 23.0 Å². The van der Waals surface area contributed by atoms with Crippen LogP contribution in [0.25, 0.3) is 0 Å². The molecule has 0 aliphatic heterocycles. The van der Waals surface area contributed by atoms with E-state index in [4.69, 9.17) is 10.5 Å². The number of aromatic nitrogens is 2. The third-order valence-corrected chi connectivity index (χ3v) is 2.12. The van der Waals surface area contributed by atoms with Crippen LogP contribution in [0.1, 0.15) is 31.5 Å². The highest BCUT2D eigenvalue weighted by molar-refractivity contribution is 5.04. The van der Waals surface area contributed by atoms with Crippen LogP contribution in [0.15, 0.2) is 12.3 Å². The first-order valence-corrected chi connectivity index (χ1v) is 5.07. The molecule has 0 fully saturated rings. The Hall–Kier alpha value is -0.870. The second kappa shape index (κ2) is 5.78. The van der Waals surface area contributed by atoms with Crippen molar-refractivity contribution >= 4 is 0 Å². The van der Waals surface area contributed by atoms with Crippen molar-refractivity contribution in [3.8, 4) is 0 Å². The van der Waals surface area contributed by atoms with E-state index in [-0.39, 0.29) is 6.04 Å². The van der Waals surface area contributed by atoms with Gasteiger partial charge in [0.1, 0.15) is 0 Å². The van der Waals surface area contributed by atoms with Gasteiger partial charge in [-0.05, 0) is 25.8 Å². The molecule has 0 bridgehead atoms. The van der Waals surface area contributed by atoms with Crippen LogP contribution >= 0.6 is 0 Å². The summed E-state index contributed by atoms with van der Waals surface area (Å²) in [6, 6.07) is 2.00. The Morgan fingerprint density at radius 3 is 3.00 bits per heavy atom. The molecule has 2 N–H and O–H groups in total. The fourth-order valence-electron chi connectivity index (χ4n) is 1.33. The predicted molar refractivity (Wildman–Crippen MR) is 55.9 cm³/mol. The Kier molecular flexibility index (Phi) is 4.62. The maximum absolute atomic E-state index is 5.96. The molecule has 0 amide bonds. The number of aryl methyl sites for hydroxylation is 1. The van der Waals surface area contributed by atoms with E-state index in [2.05, 4.69) is 5.10 Å². The Labute approximate surface area is 85.0 Å². The van der Waals surface area contributed by atoms with E-state index in [0.717, 1.165) is 31.7 Å². The highest BCUT2D eigenvalue weighted by Gasteiger charge is 2.07. The summed E-state index contributed by atoms with van der Waals surface area (Å²) in [5, 5.41) is 4.26. The first-order chi connectivity index (χ1) is 6.74. The molecule has 1 unspecified atom stereocenters. The van der Waals surface area contributed by atoms with Crippen LogP contribution in [0.5, 0.6) is 0 Å². The molecule has 14 heavy (non-hydrogen) atoms. The zero-order valence-electron chi connectivity index (χ0n) is 8.94. The molecule has 4 heteroatoms. The summed E-state index contributed by atoms with van der Waals surface area (Å²) in [4.78, 5) is 0. The fourth-order valence-corrected chi connectivity index (χ4v) is 1.33. The third-order valence-electron chi connectivity index (χ3n) is 2.12. The van der Waals surface area contributed by atoms with E-state index in [1.807, 2.05) is 26.2 Å². The first-order valence-electron chi connectivity index (χ1n) is 5.07. The Bertz CT molecular complexity index is 260. The van der Waals surface area contributed by atoms with Gasteiger partial charge in [0.05, 0.1) is 5.69 Å². The van der Waals surface area contributed by atoms with Gasteiger partial charge >= 0.3 is 0 Å². The average molecular weight is 197 g/mol. The molecule has 0 aromatic carbocycles. The smallest absolute Gasteiger partial charge is 0.0791 e. The average Bonchev–Trinajstić information content (AvgIpc) is 2.59. The summed E-state index contributed by atoms with van der Waals surface area (Å²) in [6.07, 6.45) is 3.83. The molecular formula is C10H19N3O. The summed E-state index contributed by atoms with van der Waals surface area (Å²) >= 11 is 0. The molecule has 0 saturated heterocycles. The minimum Gasteiger partial charge on any atom is -0.382 e. The van der Waals surface area contributed by atoms with Crippen LogP contribution in [-0.2, 0) is 11.8 Å². The topological polar surface area (TPSA) is 53.1 Å². The molecule has 1 rings (SSSR count). The van der Waals surface area contributed by atoms with Crippen molar-refractivity contribution in [3.05, 3.63) is 18.0 Å². The van der Waals surface area contributed by atoms with E-state index in [9.17, 15) is 0 Å². The van der Waals surface area contributed by atoms with E-state index < -0.39 is 0 Å². The second-order valence-corrected chi connectivity index (χ2v) is 3.36. The van der Waals surface area contributed by atoms with Gasteiger partial charge in [0, 0.05) is 32.5 Å². The van der Waals surface area contributed by atoms with Gasteiger partial charge in [-0.3, -0.25) is 4.68 Å². The lowest BCUT2D eigenvalue weighted by atomic mass is 10.1. The highest BCUT2D eigenvalue weighted by Crippen LogP contribution is 2.12. The lowest BCUT2D eigenvalue weighted by Crippen LogP contribution is -2.12. The maximum Gasteiger partial charge on any atom is 0.0791 e. The lowest BCUT2D eigenvalue weighted by molar-refractivity contribution is 0.142. The summed E-state index contributed by atoms with van der Waals surface area (Å²) in [5.41, 5.74) is 6.92. The predicted octanol–water partition coefficient (Wildman–Crippen LogP) is 1.24. The molecule has 1 aromatic rings. The molecule has 4 nitrogen and oxygen atoms in total. The minimum atomic E-state index is 0.0386. The van der Waals surface area contributed by atoms with Gasteiger partial charge in [-0.15, -0.1) is 0 Å². The molecule has 80 valence electrons. The fraction of sp³-hybridized carbons (Fsp3) is 0.700. The summed E-state index contributed by atoms with van der Waals surface area (Å²) in [7, 11) is 1.90. The quantitative estimate of drug-likeness (QED) is 0.698. The molecule has 0 aliphatic rings. The van der Waals surface area contributed by atoms with Crippen molar-refractivity contribution in [3.63, 3.8) is 0 Å². The van der Waals surface area contributed by atoms with Crippen molar-refractivity contribution < 1.29 is 4.74 Å². The zero-order valence-corrected chi connectivity index (χ0v) is 8.94. The lowest BCUT2D eigenvalue weighted by Gasteiger charge is -2.08. The third kappa shape index (κ3) is 3.47. The van der Waals surface area contributed by atoms with Crippen molar-refractivity contribution in [1.29, 1.82) is 0 Å². The standard InChI is InChI=1S/C10H19N3O/c1-3-14-8-4-5-9(11)10-6-7-13(2)12-10/h6-7,9H,3-5,8,11H2,1-2H3. The van der Waals surface area contributed by atoms with E-state index >= 15 is 0 Å². The van der Waals surface area contributed by atoms with Crippen molar-refractivity contribution in [2.45, 2.75) is 25.8 Å². The number of rotatable bonds is 6. The molecule has 1 heterocycles. The van der Waals surface area contributed by atoms with Crippen molar-refractivity contribution in [1.82, 2.24) is 9.78 Å². The molecule has 0 saturated carbocycles. The summed E-state index contributed by atoms with van der Waals surface area (Å²) < 4.78 is 7.02. The summed E-state index contributed by atoms with van der Waals surface area (Å²) in [6.45, 7) is 3.56. The molecule has 1 aromatic heterocycles. The first kappa shape index (κ1) is 11.2. The van der Waals surface area contributed by atoms with Gasteiger partial charge in [0.25, 0.3) is 0 Å². The van der Waals surface area contributed by atoms with Crippen molar-refractivity contribution in [2.24, 2.45) is 12.8 Å². The van der Waals surface area contributed by atoms with E-state index in [1.165, 1.54) is 0 Å². The molecule has 0 radical (unpaired) electrons. The number of hydrogen-bond acceptors (Lipinski definition) is 3. The van der Waals surface area contributed by atoms with Crippen molar-refractivity contribution in [2.75, 3.05) is 13.2 Å². The maximum atomic E-state index is 5.96.